The summed E-state index contributed by atoms with van der Waals surface area (Å²) in [6.45, 7) is 4.31. The fourth-order valence-electron chi connectivity index (χ4n) is 2.91. The summed E-state index contributed by atoms with van der Waals surface area (Å²) >= 11 is 11.9. The minimum absolute atomic E-state index is 0.0801. The summed E-state index contributed by atoms with van der Waals surface area (Å²) in [6.07, 6.45) is 0.0801. The molecule has 0 fully saturated rings. The molecule has 2 rings (SSSR count). The number of sulfonamides is 1. The van der Waals surface area contributed by atoms with E-state index in [1.54, 1.807) is 44.2 Å². The van der Waals surface area contributed by atoms with Crippen molar-refractivity contribution in [2.45, 2.75) is 25.2 Å². The number of amides is 1. The Labute approximate surface area is 182 Å². The molecule has 0 aromatic heterocycles. The van der Waals surface area contributed by atoms with E-state index in [0.717, 1.165) is 0 Å². The number of carbonyl (C=O) groups excluding carboxylic acids is 1. The second-order valence-electron chi connectivity index (χ2n) is 6.64. The molecule has 0 heterocycles. The molecular weight excluding hydrogens is 433 g/mol. The van der Waals surface area contributed by atoms with Crippen LogP contribution in [-0.4, -0.2) is 45.8 Å². The molecule has 158 valence electrons. The zero-order valence-electron chi connectivity index (χ0n) is 16.9. The maximum atomic E-state index is 12.8. The quantitative estimate of drug-likeness (QED) is 0.642. The molecule has 2 aromatic carbocycles. The molecule has 9 heteroatoms. The first-order valence-corrected chi connectivity index (χ1v) is 11.3. The van der Waals surface area contributed by atoms with E-state index in [9.17, 15) is 13.2 Å². The van der Waals surface area contributed by atoms with Crippen LogP contribution in [0.1, 0.15) is 19.4 Å². The summed E-state index contributed by atoms with van der Waals surface area (Å²) in [7, 11) is 0.00407. The zero-order valence-corrected chi connectivity index (χ0v) is 19.2. The normalized spacial score (nSPS) is 11.6. The molecule has 0 bridgehead atoms. The minimum Gasteiger partial charge on any atom is -0.376 e. The van der Waals surface area contributed by atoms with Crippen molar-refractivity contribution in [3.8, 4) is 0 Å². The molecule has 6 nitrogen and oxygen atoms in total. The molecular formula is C20H25Cl2N3O3S. The van der Waals surface area contributed by atoms with E-state index in [2.05, 4.69) is 5.32 Å². The largest absolute Gasteiger partial charge is 0.376 e. The SMILES string of the molecule is CCN(CC)S(=O)(=O)c1ccc(N(C)C)c(NC(=O)Cc2ccc(Cl)c(Cl)c2)c1. The third-order valence-electron chi connectivity index (χ3n) is 4.42. The van der Waals surface area contributed by atoms with Crippen LogP contribution in [-0.2, 0) is 21.2 Å². The van der Waals surface area contributed by atoms with E-state index >= 15 is 0 Å². The van der Waals surface area contributed by atoms with Gasteiger partial charge in [-0.25, -0.2) is 8.42 Å². The predicted octanol–water partition coefficient (Wildman–Crippen LogP) is 4.27. The summed E-state index contributed by atoms with van der Waals surface area (Å²) in [5.41, 5.74) is 1.83. The van der Waals surface area contributed by atoms with Gasteiger partial charge in [0.1, 0.15) is 0 Å². The van der Waals surface area contributed by atoms with Crippen LogP contribution in [0, 0.1) is 0 Å². The Morgan fingerprint density at radius 3 is 2.21 bits per heavy atom. The molecule has 2 aromatic rings. The van der Waals surface area contributed by atoms with Crippen molar-refractivity contribution in [1.29, 1.82) is 0 Å². The van der Waals surface area contributed by atoms with E-state index in [-0.39, 0.29) is 17.2 Å². The molecule has 0 aliphatic heterocycles. The first-order chi connectivity index (χ1) is 13.6. The van der Waals surface area contributed by atoms with Crippen LogP contribution in [0.3, 0.4) is 0 Å². The lowest BCUT2D eigenvalue weighted by atomic mass is 10.1. The molecule has 0 saturated heterocycles. The third-order valence-corrected chi connectivity index (χ3v) is 7.20. The number of hydrogen-bond donors (Lipinski definition) is 1. The molecule has 1 amide bonds. The van der Waals surface area contributed by atoms with Crippen molar-refractivity contribution in [3.63, 3.8) is 0 Å². The number of anilines is 2. The van der Waals surface area contributed by atoms with Crippen LogP contribution in [0.4, 0.5) is 11.4 Å². The van der Waals surface area contributed by atoms with Crippen molar-refractivity contribution in [3.05, 3.63) is 52.0 Å². The maximum Gasteiger partial charge on any atom is 0.243 e. The zero-order chi connectivity index (χ0) is 21.8. The first kappa shape index (κ1) is 23.5. The van der Waals surface area contributed by atoms with Crippen molar-refractivity contribution in [2.24, 2.45) is 0 Å². The Kier molecular flexibility index (Phi) is 7.94. The molecule has 0 unspecified atom stereocenters. The Morgan fingerprint density at radius 1 is 1.00 bits per heavy atom. The van der Waals surface area contributed by atoms with Crippen LogP contribution in [0.5, 0.6) is 0 Å². The van der Waals surface area contributed by atoms with Crippen LogP contribution in [0.15, 0.2) is 41.3 Å². The lowest BCUT2D eigenvalue weighted by Gasteiger charge is -2.22. The summed E-state index contributed by atoms with van der Waals surface area (Å²) in [4.78, 5) is 14.5. The monoisotopic (exact) mass is 457 g/mol. The van der Waals surface area contributed by atoms with E-state index < -0.39 is 10.0 Å². The summed E-state index contributed by atoms with van der Waals surface area (Å²) in [6, 6.07) is 9.73. The maximum absolute atomic E-state index is 12.8. The lowest BCUT2D eigenvalue weighted by Crippen LogP contribution is -2.30. The fraction of sp³-hybridized carbons (Fsp3) is 0.350. The van der Waals surface area contributed by atoms with Crippen molar-refractivity contribution in [1.82, 2.24) is 4.31 Å². The van der Waals surface area contributed by atoms with E-state index in [0.29, 0.717) is 40.1 Å². The van der Waals surface area contributed by atoms with Gasteiger partial charge in [-0.05, 0) is 35.9 Å². The molecule has 0 radical (unpaired) electrons. The van der Waals surface area contributed by atoms with E-state index in [4.69, 9.17) is 23.2 Å². The highest BCUT2D eigenvalue weighted by Gasteiger charge is 2.23. The van der Waals surface area contributed by atoms with Gasteiger partial charge in [-0.2, -0.15) is 4.31 Å². The Bertz CT molecular complexity index is 990. The number of carbonyl (C=O) groups is 1. The number of nitrogens with one attached hydrogen (secondary N) is 1. The average molecular weight is 458 g/mol. The molecule has 0 spiro atoms. The Balaban J connectivity index is 2.34. The summed E-state index contributed by atoms with van der Waals surface area (Å²) in [5, 5.41) is 3.61. The van der Waals surface area contributed by atoms with Gasteiger partial charge in [0, 0.05) is 27.2 Å². The van der Waals surface area contributed by atoms with Crippen molar-refractivity contribution in [2.75, 3.05) is 37.4 Å². The van der Waals surface area contributed by atoms with Crippen molar-refractivity contribution >= 4 is 50.5 Å². The summed E-state index contributed by atoms with van der Waals surface area (Å²) < 4.78 is 27.1. The van der Waals surface area contributed by atoms with Gasteiger partial charge in [-0.15, -0.1) is 0 Å². The highest BCUT2D eigenvalue weighted by Crippen LogP contribution is 2.29. The lowest BCUT2D eigenvalue weighted by molar-refractivity contribution is -0.115. The standard InChI is InChI=1S/C20H25Cl2N3O3S/c1-5-25(6-2)29(27,28)15-8-10-19(24(3)4)18(13-15)23-20(26)12-14-7-9-16(21)17(22)11-14/h7-11,13H,5-6,12H2,1-4H3,(H,23,26). The molecule has 29 heavy (non-hydrogen) atoms. The smallest absolute Gasteiger partial charge is 0.243 e. The second kappa shape index (κ2) is 9.80. The van der Waals surface area contributed by atoms with Crippen LogP contribution < -0.4 is 10.2 Å². The summed E-state index contributed by atoms with van der Waals surface area (Å²) in [5.74, 6) is -0.288. The average Bonchev–Trinajstić information content (AvgIpc) is 2.65. The highest BCUT2D eigenvalue weighted by molar-refractivity contribution is 7.89. The molecule has 0 aliphatic rings. The number of hydrogen-bond acceptors (Lipinski definition) is 4. The Hall–Kier alpha value is -1.80. The number of rotatable bonds is 8. The minimum atomic E-state index is -3.64. The van der Waals surface area contributed by atoms with Crippen molar-refractivity contribution < 1.29 is 13.2 Å². The third kappa shape index (κ3) is 5.63. The van der Waals surface area contributed by atoms with Gasteiger partial charge in [-0.1, -0.05) is 43.1 Å². The Morgan fingerprint density at radius 2 is 1.66 bits per heavy atom. The second-order valence-corrected chi connectivity index (χ2v) is 9.39. The van der Waals surface area contributed by atoms with Gasteiger partial charge < -0.3 is 10.2 Å². The van der Waals surface area contributed by atoms with Gasteiger partial charge in [0.2, 0.25) is 15.9 Å². The van der Waals surface area contributed by atoms with Gasteiger partial charge >= 0.3 is 0 Å². The van der Waals surface area contributed by atoms with Crippen LogP contribution in [0.25, 0.3) is 0 Å². The fourth-order valence-corrected chi connectivity index (χ4v) is 4.71. The number of benzene rings is 2. The topological polar surface area (TPSA) is 69.7 Å². The van der Waals surface area contributed by atoms with Gasteiger partial charge in [-0.3, -0.25) is 4.79 Å². The number of nitrogens with zero attached hydrogens (tertiary/aromatic N) is 2. The van der Waals surface area contributed by atoms with Crippen LogP contribution in [0.2, 0.25) is 10.0 Å². The molecule has 0 aliphatic carbocycles. The molecule has 0 atom stereocenters. The molecule has 0 saturated carbocycles. The number of halogens is 2. The van der Waals surface area contributed by atoms with E-state index in [1.165, 1.54) is 10.4 Å². The highest BCUT2D eigenvalue weighted by atomic mass is 35.5. The predicted molar refractivity (Wildman–Crippen MR) is 120 cm³/mol. The first-order valence-electron chi connectivity index (χ1n) is 9.15. The molecule has 1 N–H and O–H groups in total. The van der Waals surface area contributed by atoms with Crippen LogP contribution >= 0.6 is 23.2 Å². The van der Waals surface area contributed by atoms with Gasteiger partial charge in [0.15, 0.2) is 0 Å². The van der Waals surface area contributed by atoms with Gasteiger partial charge in [0.25, 0.3) is 0 Å². The van der Waals surface area contributed by atoms with Gasteiger partial charge in [0.05, 0.1) is 32.7 Å². The van der Waals surface area contributed by atoms with E-state index in [1.807, 2.05) is 19.0 Å².